The van der Waals surface area contributed by atoms with E-state index in [1.165, 1.54) is 0 Å². The Morgan fingerprint density at radius 1 is 1.55 bits per heavy atom. The van der Waals surface area contributed by atoms with Gasteiger partial charge in [-0.2, -0.15) is 0 Å². The second-order valence-corrected chi connectivity index (χ2v) is 2.47. The normalized spacial score (nSPS) is 18.1. The molecule has 5 heteroatoms. The summed E-state index contributed by atoms with van der Waals surface area (Å²) in [6.45, 7) is 3.07. The molecule has 0 saturated carbocycles. The molecule has 1 aliphatic heterocycles. The molecule has 1 rings (SSSR count). The summed E-state index contributed by atoms with van der Waals surface area (Å²) in [6.07, 6.45) is -0.318. The average Bonchev–Trinajstić information content (AvgIpc) is 2.07. The first-order valence-electron chi connectivity index (χ1n) is 3.53. The van der Waals surface area contributed by atoms with Gasteiger partial charge in [0.05, 0.1) is 0 Å². The SMILES string of the molecule is O=C(OCCl)N1CCNCC1. The predicted octanol–water partition coefficient (Wildman–Crippen LogP) is 0.224. The van der Waals surface area contributed by atoms with Gasteiger partial charge in [-0.1, -0.05) is 11.6 Å². The summed E-state index contributed by atoms with van der Waals surface area (Å²) in [7, 11) is 0. The lowest BCUT2D eigenvalue weighted by Crippen LogP contribution is -2.46. The van der Waals surface area contributed by atoms with Gasteiger partial charge < -0.3 is 15.0 Å². The molecule has 64 valence electrons. The third-order valence-electron chi connectivity index (χ3n) is 1.55. The number of amides is 1. The van der Waals surface area contributed by atoms with Crippen LogP contribution in [-0.4, -0.2) is 43.2 Å². The maximum absolute atomic E-state index is 11.0. The standard InChI is InChI=1S/C6H11ClN2O2/c7-5-11-6(10)9-3-1-8-2-4-9/h8H,1-5H2. The van der Waals surface area contributed by atoms with Crippen LogP contribution in [0.25, 0.3) is 0 Å². The number of rotatable bonds is 1. The summed E-state index contributed by atoms with van der Waals surface area (Å²) in [5.41, 5.74) is 0. The van der Waals surface area contributed by atoms with Crippen LogP contribution in [0.3, 0.4) is 0 Å². The minimum atomic E-state index is -0.318. The van der Waals surface area contributed by atoms with Gasteiger partial charge in [-0.05, 0) is 0 Å². The lowest BCUT2D eigenvalue weighted by atomic mass is 10.4. The van der Waals surface area contributed by atoms with Gasteiger partial charge in [0.2, 0.25) is 0 Å². The van der Waals surface area contributed by atoms with Crippen molar-refractivity contribution in [2.75, 3.05) is 32.2 Å². The van der Waals surface area contributed by atoms with Gasteiger partial charge in [-0.3, -0.25) is 0 Å². The Balaban J connectivity index is 2.27. The van der Waals surface area contributed by atoms with Gasteiger partial charge in [0, 0.05) is 26.2 Å². The van der Waals surface area contributed by atoms with E-state index in [0.29, 0.717) is 13.1 Å². The first kappa shape index (κ1) is 8.62. The van der Waals surface area contributed by atoms with Gasteiger partial charge in [-0.15, -0.1) is 0 Å². The quantitative estimate of drug-likeness (QED) is 0.585. The third-order valence-corrected chi connectivity index (χ3v) is 1.66. The molecule has 4 nitrogen and oxygen atoms in total. The fourth-order valence-corrected chi connectivity index (χ4v) is 1.08. The lowest BCUT2D eigenvalue weighted by Gasteiger charge is -2.25. The zero-order valence-electron chi connectivity index (χ0n) is 6.18. The Morgan fingerprint density at radius 3 is 2.73 bits per heavy atom. The monoisotopic (exact) mass is 178 g/mol. The van der Waals surface area contributed by atoms with Crippen molar-refractivity contribution in [3.8, 4) is 0 Å². The van der Waals surface area contributed by atoms with Gasteiger partial charge in [0.1, 0.15) is 0 Å². The second kappa shape index (κ2) is 4.41. The van der Waals surface area contributed by atoms with E-state index in [2.05, 4.69) is 10.1 Å². The zero-order chi connectivity index (χ0) is 8.10. The molecule has 0 aromatic rings. The summed E-state index contributed by atoms with van der Waals surface area (Å²) in [5, 5.41) is 3.13. The number of piperazine rings is 1. The van der Waals surface area contributed by atoms with Crippen molar-refractivity contribution >= 4 is 17.7 Å². The molecule has 1 heterocycles. The van der Waals surface area contributed by atoms with Gasteiger partial charge in [-0.25, -0.2) is 4.79 Å². The van der Waals surface area contributed by atoms with Crippen molar-refractivity contribution in [2.45, 2.75) is 0 Å². The number of hydrogen-bond donors (Lipinski definition) is 1. The molecule has 0 unspecified atom stereocenters. The van der Waals surface area contributed by atoms with Crippen molar-refractivity contribution in [2.24, 2.45) is 0 Å². The highest BCUT2D eigenvalue weighted by Gasteiger charge is 2.16. The summed E-state index contributed by atoms with van der Waals surface area (Å²) >= 11 is 5.23. The Kier molecular flexibility index (Phi) is 3.45. The fourth-order valence-electron chi connectivity index (χ4n) is 0.985. The van der Waals surface area contributed by atoms with Gasteiger partial charge in [0.15, 0.2) is 6.07 Å². The number of nitrogens with one attached hydrogen (secondary N) is 1. The van der Waals surface area contributed by atoms with Crippen molar-refractivity contribution in [3.63, 3.8) is 0 Å². The van der Waals surface area contributed by atoms with Crippen LogP contribution in [0, 0.1) is 0 Å². The van der Waals surface area contributed by atoms with Crippen LogP contribution in [-0.2, 0) is 4.74 Å². The third kappa shape index (κ3) is 2.55. The summed E-state index contributed by atoms with van der Waals surface area (Å²) in [4.78, 5) is 12.6. The molecule has 11 heavy (non-hydrogen) atoms. The number of halogens is 1. The molecule has 0 spiro atoms. The molecule has 1 fully saturated rings. The number of alkyl halides is 1. The highest BCUT2D eigenvalue weighted by molar-refractivity contribution is 6.17. The zero-order valence-corrected chi connectivity index (χ0v) is 6.93. The number of carbonyl (C=O) groups is 1. The molecular weight excluding hydrogens is 168 g/mol. The highest BCUT2D eigenvalue weighted by atomic mass is 35.5. The van der Waals surface area contributed by atoms with E-state index in [1.54, 1.807) is 4.90 Å². The number of ether oxygens (including phenoxy) is 1. The summed E-state index contributed by atoms with van der Waals surface area (Å²) in [5.74, 6) is 0. The van der Waals surface area contributed by atoms with Crippen LogP contribution >= 0.6 is 11.6 Å². The van der Waals surface area contributed by atoms with Crippen LogP contribution in [0.5, 0.6) is 0 Å². The maximum atomic E-state index is 11.0. The van der Waals surface area contributed by atoms with E-state index in [0.717, 1.165) is 13.1 Å². The van der Waals surface area contributed by atoms with E-state index in [4.69, 9.17) is 11.6 Å². The van der Waals surface area contributed by atoms with Crippen molar-refractivity contribution in [1.82, 2.24) is 10.2 Å². The molecule has 1 aliphatic rings. The number of nitrogens with zero attached hydrogens (tertiary/aromatic N) is 1. The highest BCUT2D eigenvalue weighted by Crippen LogP contribution is 1.96. The molecule has 0 aromatic carbocycles. The average molecular weight is 179 g/mol. The first-order chi connectivity index (χ1) is 5.34. The predicted molar refractivity (Wildman–Crippen MR) is 41.6 cm³/mol. The number of carbonyl (C=O) groups excluding carboxylic acids is 1. The lowest BCUT2D eigenvalue weighted by molar-refractivity contribution is 0.112. The van der Waals surface area contributed by atoms with Crippen LogP contribution in [0.4, 0.5) is 4.79 Å². The Hall–Kier alpha value is -0.480. The maximum Gasteiger partial charge on any atom is 0.411 e. The Bertz CT molecular complexity index is 137. The molecule has 0 radical (unpaired) electrons. The molecule has 0 aliphatic carbocycles. The largest absolute Gasteiger partial charge is 0.433 e. The molecular formula is C6H11ClN2O2. The Morgan fingerprint density at radius 2 is 2.18 bits per heavy atom. The molecule has 0 aromatic heterocycles. The van der Waals surface area contributed by atoms with E-state index in [-0.39, 0.29) is 12.2 Å². The van der Waals surface area contributed by atoms with Crippen molar-refractivity contribution < 1.29 is 9.53 Å². The second-order valence-electron chi connectivity index (χ2n) is 2.26. The van der Waals surface area contributed by atoms with Crippen molar-refractivity contribution in [3.05, 3.63) is 0 Å². The van der Waals surface area contributed by atoms with Crippen LogP contribution in [0.2, 0.25) is 0 Å². The van der Waals surface area contributed by atoms with E-state index in [9.17, 15) is 4.79 Å². The van der Waals surface area contributed by atoms with Crippen LogP contribution < -0.4 is 5.32 Å². The fraction of sp³-hybridized carbons (Fsp3) is 0.833. The summed E-state index contributed by atoms with van der Waals surface area (Å²) in [6, 6.07) is -0.0667. The van der Waals surface area contributed by atoms with Crippen LogP contribution in [0.15, 0.2) is 0 Å². The first-order valence-corrected chi connectivity index (χ1v) is 4.06. The molecule has 0 bridgehead atoms. The van der Waals surface area contributed by atoms with Gasteiger partial charge >= 0.3 is 6.09 Å². The number of hydrogen-bond acceptors (Lipinski definition) is 3. The van der Waals surface area contributed by atoms with E-state index < -0.39 is 0 Å². The smallest absolute Gasteiger partial charge is 0.411 e. The van der Waals surface area contributed by atoms with E-state index in [1.807, 2.05) is 0 Å². The minimum Gasteiger partial charge on any atom is -0.433 e. The van der Waals surface area contributed by atoms with Crippen LogP contribution in [0.1, 0.15) is 0 Å². The molecule has 1 N–H and O–H groups in total. The minimum absolute atomic E-state index is 0.0667. The molecule has 1 amide bonds. The van der Waals surface area contributed by atoms with Gasteiger partial charge in [0.25, 0.3) is 0 Å². The van der Waals surface area contributed by atoms with E-state index >= 15 is 0 Å². The topological polar surface area (TPSA) is 41.6 Å². The van der Waals surface area contributed by atoms with Crippen molar-refractivity contribution in [1.29, 1.82) is 0 Å². The molecule has 0 atom stereocenters. The Labute approximate surface area is 70.4 Å². The summed E-state index contributed by atoms with van der Waals surface area (Å²) < 4.78 is 4.61. The molecule has 1 saturated heterocycles.